The van der Waals surface area contributed by atoms with Crippen LogP contribution in [-0.4, -0.2) is 5.71 Å². The van der Waals surface area contributed by atoms with Crippen LogP contribution in [0.3, 0.4) is 0 Å². The lowest BCUT2D eigenvalue weighted by atomic mass is 9.84. The van der Waals surface area contributed by atoms with E-state index in [0.717, 1.165) is 18.6 Å². The molecule has 0 saturated carbocycles. The molecule has 0 N–H and O–H groups in total. The highest BCUT2D eigenvalue weighted by molar-refractivity contribution is 5.84. The van der Waals surface area contributed by atoms with Gasteiger partial charge in [0.2, 0.25) is 0 Å². The van der Waals surface area contributed by atoms with Crippen molar-refractivity contribution in [3.05, 3.63) is 35.4 Å². The van der Waals surface area contributed by atoms with Crippen LogP contribution in [-0.2, 0) is 16.9 Å². The van der Waals surface area contributed by atoms with Gasteiger partial charge in [0.25, 0.3) is 0 Å². The van der Waals surface area contributed by atoms with Crippen LogP contribution in [0.5, 0.6) is 0 Å². The summed E-state index contributed by atoms with van der Waals surface area (Å²) in [4.78, 5) is 5.74. The van der Waals surface area contributed by atoms with Gasteiger partial charge in [-0.15, -0.1) is 0 Å². The van der Waals surface area contributed by atoms with Gasteiger partial charge in [-0.05, 0) is 18.9 Å². The fourth-order valence-electron chi connectivity index (χ4n) is 2.88. The largest absolute Gasteiger partial charge is 0.384 e. The Labute approximate surface area is 89.9 Å². The Morgan fingerprint density at radius 1 is 1.40 bits per heavy atom. The molecule has 2 nitrogen and oxygen atoms in total. The lowest BCUT2D eigenvalue weighted by Gasteiger charge is -2.27. The SMILES string of the molecule is CC1=NO[C@]2(C1)c1ccccc1C[C@H]2C. The van der Waals surface area contributed by atoms with E-state index in [1.807, 2.05) is 6.92 Å². The van der Waals surface area contributed by atoms with Gasteiger partial charge in [0.15, 0.2) is 5.60 Å². The predicted molar refractivity (Wildman–Crippen MR) is 59.8 cm³/mol. The zero-order chi connectivity index (χ0) is 10.5. The van der Waals surface area contributed by atoms with Crippen LogP contribution in [0.4, 0.5) is 0 Å². The van der Waals surface area contributed by atoms with E-state index in [2.05, 4.69) is 36.3 Å². The number of rotatable bonds is 0. The Bertz CT molecular complexity index is 438. The zero-order valence-corrected chi connectivity index (χ0v) is 9.16. The van der Waals surface area contributed by atoms with Crippen LogP contribution in [0, 0.1) is 5.92 Å². The van der Waals surface area contributed by atoms with Crippen molar-refractivity contribution in [3.8, 4) is 0 Å². The van der Waals surface area contributed by atoms with E-state index in [1.54, 1.807) is 0 Å². The highest BCUT2D eigenvalue weighted by atomic mass is 16.7. The maximum absolute atomic E-state index is 5.74. The van der Waals surface area contributed by atoms with Crippen LogP contribution >= 0.6 is 0 Å². The van der Waals surface area contributed by atoms with Gasteiger partial charge in [-0.1, -0.05) is 36.3 Å². The van der Waals surface area contributed by atoms with Crippen molar-refractivity contribution in [2.24, 2.45) is 11.1 Å². The Kier molecular flexibility index (Phi) is 1.70. The van der Waals surface area contributed by atoms with Crippen molar-refractivity contribution in [3.63, 3.8) is 0 Å². The Hall–Kier alpha value is -1.31. The van der Waals surface area contributed by atoms with Gasteiger partial charge >= 0.3 is 0 Å². The highest BCUT2D eigenvalue weighted by Gasteiger charge is 2.49. The summed E-state index contributed by atoms with van der Waals surface area (Å²) in [6, 6.07) is 8.59. The molecule has 15 heavy (non-hydrogen) atoms. The van der Waals surface area contributed by atoms with Crippen LogP contribution in [0.25, 0.3) is 0 Å². The molecular formula is C13H15NO. The lowest BCUT2D eigenvalue weighted by Crippen LogP contribution is -2.29. The van der Waals surface area contributed by atoms with Gasteiger partial charge in [0.1, 0.15) is 0 Å². The summed E-state index contributed by atoms with van der Waals surface area (Å²) in [6.45, 7) is 4.30. The summed E-state index contributed by atoms with van der Waals surface area (Å²) in [6.07, 6.45) is 2.06. The van der Waals surface area contributed by atoms with Crippen LogP contribution in [0.1, 0.15) is 31.4 Å². The molecule has 0 amide bonds. The minimum atomic E-state index is -0.152. The molecule has 78 valence electrons. The van der Waals surface area contributed by atoms with Gasteiger partial charge in [-0.2, -0.15) is 0 Å². The summed E-state index contributed by atoms with van der Waals surface area (Å²) in [7, 11) is 0. The molecule has 1 aliphatic carbocycles. The molecule has 1 aromatic rings. The minimum absolute atomic E-state index is 0.152. The van der Waals surface area contributed by atoms with Crippen molar-refractivity contribution in [1.29, 1.82) is 0 Å². The van der Waals surface area contributed by atoms with E-state index in [9.17, 15) is 0 Å². The van der Waals surface area contributed by atoms with Gasteiger partial charge < -0.3 is 4.84 Å². The molecule has 0 unspecified atom stereocenters. The zero-order valence-electron chi connectivity index (χ0n) is 9.16. The summed E-state index contributed by atoms with van der Waals surface area (Å²) in [5.74, 6) is 0.524. The van der Waals surface area contributed by atoms with E-state index in [4.69, 9.17) is 4.84 Å². The molecule has 0 fully saturated rings. The monoisotopic (exact) mass is 201 g/mol. The summed E-state index contributed by atoms with van der Waals surface area (Å²) < 4.78 is 0. The topological polar surface area (TPSA) is 21.6 Å². The van der Waals surface area contributed by atoms with Gasteiger partial charge in [0.05, 0.1) is 5.71 Å². The van der Waals surface area contributed by atoms with E-state index < -0.39 is 0 Å². The highest BCUT2D eigenvalue weighted by Crippen LogP contribution is 2.49. The Morgan fingerprint density at radius 3 is 2.93 bits per heavy atom. The van der Waals surface area contributed by atoms with Crippen LogP contribution in [0.15, 0.2) is 29.4 Å². The molecule has 0 radical (unpaired) electrons. The van der Waals surface area contributed by atoms with Crippen molar-refractivity contribution in [2.75, 3.05) is 0 Å². The molecule has 1 aromatic carbocycles. The predicted octanol–water partition coefficient (Wildman–Crippen LogP) is 2.87. The molecule has 2 aliphatic rings. The second-order valence-electron chi connectivity index (χ2n) is 4.75. The third kappa shape index (κ3) is 1.08. The first-order valence-electron chi connectivity index (χ1n) is 5.52. The van der Waals surface area contributed by atoms with Crippen molar-refractivity contribution in [1.82, 2.24) is 0 Å². The maximum atomic E-state index is 5.74. The molecule has 2 atom stereocenters. The molecule has 1 heterocycles. The average Bonchev–Trinajstić information content (AvgIpc) is 2.73. The summed E-state index contributed by atoms with van der Waals surface area (Å²) in [5, 5.41) is 4.14. The van der Waals surface area contributed by atoms with Crippen LogP contribution < -0.4 is 0 Å². The number of nitrogens with zero attached hydrogens (tertiary/aromatic N) is 1. The first-order chi connectivity index (χ1) is 7.22. The second-order valence-corrected chi connectivity index (χ2v) is 4.75. The van der Waals surface area contributed by atoms with Crippen LogP contribution in [0.2, 0.25) is 0 Å². The summed E-state index contributed by atoms with van der Waals surface area (Å²) in [5.41, 5.74) is 3.73. The Balaban J connectivity index is 2.11. The molecule has 2 heteroatoms. The smallest absolute Gasteiger partial charge is 0.171 e. The number of benzene rings is 1. The second kappa shape index (κ2) is 2.84. The third-order valence-electron chi connectivity index (χ3n) is 3.68. The molecular weight excluding hydrogens is 186 g/mol. The quantitative estimate of drug-likeness (QED) is 0.632. The standard InChI is InChI=1S/C13H15NO/c1-9-7-11-5-3-4-6-12(11)13(9)8-10(2)14-15-13/h3-6,9H,7-8H2,1-2H3/t9-,13+/m1/s1. The average molecular weight is 201 g/mol. The minimum Gasteiger partial charge on any atom is -0.384 e. The normalized spacial score (nSPS) is 32.7. The fourth-order valence-corrected chi connectivity index (χ4v) is 2.88. The van der Waals surface area contributed by atoms with E-state index in [0.29, 0.717) is 5.92 Å². The third-order valence-corrected chi connectivity index (χ3v) is 3.68. The number of fused-ring (bicyclic) bond motifs is 2. The molecule has 0 saturated heterocycles. The molecule has 3 rings (SSSR count). The first kappa shape index (κ1) is 8.96. The van der Waals surface area contributed by atoms with E-state index in [-0.39, 0.29) is 5.60 Å². The Morgan fingerprint density at radius 2 is 2.20 bits per heavy atom. The number of oxime groups is 1. The fraction of sp³-hybridized carbons (Fsp3) is 0.462. The molecule has 0 bridgehead atoms. The van der Waals surface area contributed by atoms with Gasteiger partial charge in [0, 0.05) is 17.9 Å². The number of hydrogen-bond donors (Lipinski definition) is 0. The number of hydrogen-bond acceptors (Lipinski definition) is 2. The molecule has 1 aliphatic heterocycles. The van der Waals surface area contributed by atoms with E-state index >= 15 is 0 Å². The maximum Gasteiger partial charge on any atom is 0.171 e. The summed E-state index contributed by atoms with van der Waals surface area (Å²) >= 11 is 0. The van der Waals surface area contributed by atoms with Crippen molar-refractivity contribution in [2.45, 2.75) is 32.3 Å². The van der Waals surface area contributed by atoms with Crippen molar-refractivity contribution >= 4 is 5.71 Å². The molecule has 1 spiro atoms. The van der Waals surface area contributed by atoms with Crippen molar-refractivity contribution < 1.29 is 4.84 Å². The van der Waals surface area contributed by atoms with E-state index in [1.165, 1.54) is 11.1 Å². The van der Waals surface area contributed by atoms with Gasteiger partial charge in [-0.3, -0.25) is 0 Å². The lowest BCUT2D eigenvalue weighted by molar-refractivity contribution is -0.0543. The van der Waals surface area contributed by atoms with Gasteiger partial charge in [-0.25, -0.2) is 0 Å². The molecule has 0 aromatic heterocycles. The first-order valence-corrected chi connectivity index (χ1v) is 5.52.